The first-order chi connectivity index (χ1) is 15.7. The molecule has 166 valence electrons. The smallest absolute Gasteiger partial charge is 0.406 e. The molecule has 3 heterocycles. The molecule has 7 nitrogen and oxygen atoms in total. The van der Waals surface area contributed by atoms with Crippen LogP contribution < -0.4 is 9.64 Å². The number of anilines is 1. The molecular weight excluding hydrogens is 444 g/mol. The fraction of sp³-hybridized carbons (Fsp3) is 0.0909. The number of ether oxygens (including phenoxy) is 1. The molecule has 1 aliphatic heterocycles. The Morgan fingerprint density at radius 2 is 1.76 bits per heavy atom. The Kier molecular flexibility index (Phi) is 4.45. The van der Waals surface area contributed by atoms with Crippen LogP contribution in [0, 0.1) is 12.7 Å². The van der Waals surface area contributed by atoms with E-state index in [0.717, 1.165) is 17.0 Å². The van der Waals surface area contributed by atoms with Crippen molar-refractivity contribution in [2.24, 2.45) is 0 Å². The molecule has 4 aromatic rings. The average Bonchev–Trinajstić information content (AvgIpc) is 3.21. The number of carbonyl (C=O) groups excluding carboxylic acids is 2. The predicted octanol–water partition coefficient (Wildman–Crippen LogP) is 4.57. The molecule has 5 rings (SSSR count). The van der Waals surface area contributed by atoms with Crippen LogP contribution in [0.4, 0.5) is 23.2 Å². The van der Waals surface area contributed by atoms with Gasteiger partial charge in [-0.2, -0.15) is 5.10 Å². The lowest BCUT2D eigenvalue weighted by Gasteiger charge is -2.15. The van der Waals surface area contributed by atoms with Gasteiger partial charge in [0.05, 0.1) is 27.9 Å². The second kappa shape index (κ2) is 7.12. The van der Waals surface area contributed by atoms with E-state index in [4.69, 9.17) is 0 Å². The number of rotatable bonds is 3. The van der Waals surface area contributed by atoms with E-state index in [1.165, 1.54) is 41.2 Å². The molecular formula is C22H12F4N4O3. The zero-order valence-electron chi connectivity index (χ0n) is 16.7. The second-order valence-corrected chi connectivity index (χ2v) is 7.18. The van der Waals surface area contributed by atoms with Crippen LogP contribution in [-0.4, -0.2) is 32.9 Å². The van der Waals surface area contributed by atoms with Gasteiger partial charge in [0.15, 0.2) is 5.65 Å². The first-order valence-corrected chi connectivity index (χ1v) is 9.53. The number of hydrogen-bond acceptors (Lipinski definition) is 5. The fourth-order valence-electron chi connectivity index (χ4n) is 3.81. The number of aryl methyl sites for hydroxylation is 1. The molecule has 0 atom stereocenters. The van der Waals surface area contributed by atoms with E-state index in [9.17, 15) is 27.2 Å². The summed E-state index contributed by atoms with van der Waals surface area (Å²) in [5, 5.41) is 4.55. The van der Waals surface area contributed by atoms with Gasteiger partial charge in [-0.15, -0.1) is 13.2 Å². The van der Waals surface area contributed by atoms with Gasteiger partial charge < -0.3 is 4.74 Å². The van der Waals surface area contributed by atoms with Gasteiger partial charge in [-0.05, 0) is 31.2 Å². The summed E-state index contributed by atoms with van der Waals surface area (Å²) in [6.07, 6.45) is -3.76. The molecule has 0 saturated carbocycles. The normalized spacial score (nSPS) is 13.7. The Balaban J connectivity index is 1.64. The SMILES string of the molecule is Cc1nn(-c2ccccc2F)c2ncc3c(c12)C(=O)N(c1cccc(OC(F)(F)F)c1)C3=O. The largest absolute Gasteiger partial charge is 0.573 e. The van der Waals surface area contributed by atoms with Crippen molar-refractivity contribution in [2.75, 3.05) is 4.90 Å². The molecule has 0 fully saturated rings. The molecule has 0 radical (unpaired) electrons. The van der Waals surface area contributed by atoms with E-state index >= 15 is 0 Å². The number of imide groups is 1. The monoisotopic (exact) mass is 456 g/mol. The number of para-hydroxylation sites is 1. The highest BCUT2D eigenvalue weighted by atomic mass is 19.4. The van der Waals surface area contributed by atoms with Crippen molar-refractivity contribution < 1.29 is 31.9 Å². The minimum absolute atomic E-state index is 0.00719. The summed E-state index contributed by atoms with van der Waals surface area (Å²) in [7, 11) is 0. The maximum Gasteiger partial charge on any atom is 0.573 e. The molecule has 33 heavy (non-hydrogen) atoms. The quantitative estimate of drug-likeness (QED) is 0.334. The summed E-state index contributed by atoms with van der Waals surface area (Å²) in [6.45, 7) is 1.58. The maximum atomic E-state index is 14.4. The number of halogens is 4. The Morgan fingerprint density at radius 1 is 1.00 bits per heavy atom. The number of benzene rings is 2. The lowest BCUT2D eigenvalue weighted by atomic mass is 10.1. The number of aromatic nitrogens is 3. The van der Waals surface area contributed by atoms with E-state index in [0.29, 0.717) is 5.69 Å². The van der Waals surface area contributed by atoms with Gasteiger partial charge >= 0.3 is 6.36 Å². The number of pyridine rings is 1. The third kappa shape index (κ3) is 3.28. The molecule has 0 unspecified atom stereocenters. The molecule has 0 aliphatic carbocycles. The van der Waals surface area contributed by atoms with Crippen molar-refractivity contribution >= 4 is 28.5 Å². The minimum Gasteiger partial charge on any atom is -0.406 e. The number of fused-ring (bicyclic) bond motifs is 3. The third-order valence-electron chi connectivity index (χ3n) is 5.11. The Morgan fingerprint density at radius 3 is 2.48 bits per heavy atom. The van der Waals surface area contributed by atoms with Gasteiger partial charge in [-0.3, -0.25) is 9.59 Å². The van der Waals surface area contributed by atoms with E-state index in [2.05, 4.69) is 14.8 Å². The minimum atomic E-state index is -4.94. The highest BCUT2D eigenvalue weighted by molar-refractivity contribution is 6.37. The molecule has 2 aromatic heterocycles. The van der Waals surface area contributed by atoms with Gasteiger partial charge in [0.2, 0.25) is 0 Å². The number of nitrogens with zero attached hydrogens (tertiary/aromatic N) is 4. The fourth-order valence-corrected chi connectivity index (χ4v) is 3.81. The highest BCUT2D eigenvalue weighted by Gasteiger charge is 2.40. The first kappa shape index (κ1) is 20.6. The van der Waals surface area contributed by atoms with E-state index in [1.807, 2.05) is 0 Å². The van der Waals surface area contributed by atoms with Crippen molar-refractivity contribution in [1.82, 2.24) is 14.8 Å². The molecule has 0 saturated heterocycles. The molecule has 0 bridgehead atoms. The molecule has 2 amide bonds. The van der Waals surface area contributed by atoms with E-state index in [-0.39, 0.29) is 33.5 Å². The van der Waals surface area contributed by atoms with E-state index in [1.54, 1.807) is 13.0 Å². The van der Waals surface area contributed by atoms with Crippen LogP contribution in [-0.2, 0) is 0 Å². The summed E-state index contributed by atoms with van der Waals surface area (Å²) in [6, 6.07) is 10.4. The lowest BCUT2D eigenvalue weighted by molar-refractivity contribution is -0.274. The average molecular weight is 456 g/mol. The van der Waals surface area contributed by atoms with E-state index < -0.39 is 29.7 Å². The maximum absolute atomic E-state index is 14.4. The molecule has 0 spiro atoms. The van der Waals surface area contributed by atoms with Crippen LogP contribution in [0.25, 0.3) is 16.7 Å². The molecule has 1 aliphatic rings. The summed E-state index contributed by atoms with van der Waals surface area (Å²) in [5.74, 6) is -2.66. The van der Waals surface area contributed by atoms with Gasteiger partial charge in [0.25, 0.3) is 11.8 Å². The van der Waals surface area contributed by atoms with Crippen molar-refractivity contribution in [3.05, 3.63) is 77.4 Å². The van der Waals surface area contributed by atoms with Crippen LogP contribution in [0.5, 0.6) is 5.75 Å². The van der Waals surface area contributed by atoms with Gasteiger partial charge in [0, 0.05) is 12.3 Å². The topological polar surface area (TPSA) is 77.3 Å². The Hall–Kier alpha value is -4.28. The van der Waals surface area contributed by atoms with Crippen LogP contribution >= 0.6 is 0 Å². The number of carbonyl (C=O) groups is 2. The van der Waals surface area contributed by atoms with Crippen LogP contribution in [0.1, 0.15) is 26.4 Å². The summed E-state index contributed by atoms with van der Waals surface area (Å²) in [5.41, 5.74) is 0.449. The number of hydrogen-bond donors (Lipinski definition) is 0. The van der Waals surface area contributed by atoms with Crippen molar-refractivity contribution in [1.29, 1.82) is 0 Å². The number of alkyl halides is 3. The van der Waals surface area contributed by atoms with Crippen molar-refractivity contribution in [3.8, 4) is 11.4 Å². The van der Waals surface area contributed by atoms with Crippen molar-refractivity contribution in [2.45, 2.75) is 13.3 Å². The second-order valence-electron chi connectivity index (χ2n) is 7.18. The highest BCUT2D eigenvalue weighted by Crippen LogP contribution is 2.36. The first-order valence-electron chi connectivity index (χ1n) is 9.53. The third-order valence-corrected chi connectivity index (χ3v) is 5.11. The predicted molar refractivity (Wildman–Crippen MR) is 108 cm³/mol. The molecule has 2 aromatic carbocycles. The summed E-state index contributed by atoms with van der Waals surface area (Å²) >= 11 is 0. The zero-order valence-corrected chi connectivity index (χ0v) is 16.7. The van der Waals surface area contributed by atoms with Crippen molar-refractivity contribution in [3.63, 3.8) is 0 Å². The summed E-state index contributed by atoms with van der Waals surface area (Å²) in [4.78, 5) is 31.3. The standard InChI is InChI=1S/C22H12F4N4O3/c1-11-17-18-14(10-27-19(17)30(28-11)16-8-3-2-7-15(16)23)20(31)29(21(18)32)12-5-4-6-13(9-12)33-22(24,25)26/h2-10H,1H3. The van der Waals surface area contributed by atoms with Crippen LogP contribution in [0.3, 0.4) is 0 Å². The van der Waals surface area contributed by atoms with Gasteiger partial charge in [-0.1, -0.05) is 18.2 Å². The Bertz CT molecular complexity index is 1460. The lowest BCUT2D eigenvalue weighted by Crippen LogP contribution is -2.29. The Labute approximate surface area is 182 Å². The summed E-state index contributed by atoms with van der Waals surface area (Å²) < 4.78 is 57.3. The molecule has 0 N–H and O–H groups in total. The van der Waals surface area contributed by atoms with Crippen LogP contribution in [0.15, 0.2) is 54.7 Å². The number of amides is 2. The molecule has 11 heteroatoms. The van der Waals surface area contributed by atoms with Crippen LogP contribution in [0.2, 0.25) is 0 Å². The van der Waals surface area contributed by atoms with Gasteiger partial charge in [0.1, 0.15) is 17.3 Å². The zero-order chi connectivity index (χ0) is 23.5. The van der Waals surface area contributed by atoms with Gasteiger partial charge in [-0.25, -0.2) is 19.0 Å².